The molecule has 1 fully saturated rings. The molecule has 0 spiro atoms. The summed E-state index contributed by atoms with van der Waals surface area (Å²) in [5.74, 6) is 0.792. The van der Waals surface area contributed by atoms with Crippen LogP contribution in [-0.4, -0.2) is 36.5 Å². The lowest BCUT2D eigenvalue weighted by Crippen LogP contribution is -2.52. The molecular formula is C13H26N2O. The Morgan fingerprint density at radius 3 is 2.75 bits per heavy atom. The average Bonchev–Trinajstić information content (AvgIpc) is 2.30. The lowest BCUT2D eigenvalue weighted by Gasteiger charge is -2.33. The maximum absolute atomic E-state index is 12.3. The van der Waals surface area contributed by atoms with E-state index in [1.165, 1.54) is 12.8 Å². The number of amides is 1. The molecule has 0 aromatic carbocycles. The van der Waals surface area contributed by atoms with Gasteiger partial charge < -0.3 is 10.2 Å². The third kappa shape index (κ3) is 3.48. The van der Waals surface area contributed by atoms with Crippen LogP contribution in [0, 0.1) is 5.92 Å². The van der Waals surface area contributed by atoms with Crippen LogP contribution in [0.25, 0.3) is 0 Å². The smallest absolute Gasteiger partial charge is 0.239 e. The van der Waals surface area contributed by atoms with Crippen LogP contribution in [0.1, 0.15) is 46.5 Å². The number of carbonyl (C=O) groups excluding carboxylic acids is 1. The molecule has 1 aliphatic heterocycles. The van der Waals surface area contributed by atoms with Crippen molar-refractivity contribution in [1.29, 1.82) is 0 Å². The maximum atomic E-state index is 12.3. The molecule has 0 radical (unpaired) electrons. The van der Waals surface area contributed by atoms with Crippen molar-refractivity contribution in [2.45, 2.75) is 52.5 Å². The van der Waals surface area contributed by atoms with E-state index in [1.54, 1.807) is 0 Å². The second-order valence-electron chi connectivity index (χ2n) is 4.82. The minimum absolute atomic E-state index is 0.0607. The Bertz CT molecular complexity index is 218. The quantitative estimate of drug-likeness (QED) is 0.778. The highest BCUT2D eigenvalue weighted by molar-refractivity contribution is 5.82. The van der Waals surface area contributed by atoms with Gasteiger partial charge in [0.2, 0.25) is 5.91 Å². The Kier molecular flexibility index (Phi) is 5.81. The summed E-state index contributed by atoms with van der Waals surface area (Å²) >= 11 is 0. The Hall–Kier alpha value is -0.570. The molecule has 1 amide bonds. The minimum Gasteiger partial charge on any atom is -0.342 e. The number of carbonyl (C=O) groups is 1. The van der Waals surface area contributed by atoms with Gasteiger partial charge in [-0.15, -0.1) is 0 Å². The summed E-state index contributed by atoms with van der Waals surface area (Å²) in [7, 11) is 0. The molecule has 94 valence electrons. The van der Waals surface area contributed by atoms with Gasteiger partial charge in [0.15, 0.2) is 0 Å². The van der Waals surface area contributed by atoms with Crippen LogP contribution in [0.4, 0.5) is 0 Å². The number of piperidine rings is 1. The molecule has 3 heteroatoms. The van der Waals surface area contributed by atoms with Gasteiger partial charge in [-0.05, 0) is 38.6 Å². The molecular weight excluding hydrogens is 200 g/mol. The molecule has 1 heterocycles. The second-order valence-corrected chi connectivity index (χ2v) is 4.82. The monoisotopic (exact) mass is 226 g/mol. The lowest BCUT2D eigenvalue weighted by molar-refractivity contribution is -0.135. The molecule has 2 unspecified atom stereocenters. The van der Waals surface area contributed by atoms with E-state index in [-0.39, 0.29) is 6.04 Å². The van der Waals surface area contributed by atoms with E-state index >= 15 is 0 Å². The van der Waals surface area contributed by atoms with Crippen LogP contribution in [0.5, 0.6) is 0 Å². The molecule has 1 saturated heterocycles. The first-order valence-corrected chi connectivity index (χ1v) is 6.72. The van der Waals surface area contributed by atoms with Crippen molar-refractivity contribution in [2.24, 2.45) is 5.92 Å². The maximum Gasteiger partial charge on any atom is 0.239 e. The first-order valence-electron chi connectivity index (χ1n) is 6.72. The van der Waals surface area contributed by atoms with E-state index < -0.39 is 0 Å². The molecule has 1 aliphatic rings. The summed E-state index contributed by atoms with van der Waals surface area (Å²) in [6.07, 6.45) is 4.64. The third-order valence-electron chi connectivity index (χ3n) is 3.51. The van der Waals surface area contributed by atoms with Crippen LogP contribution >= 0.6 is 0 Å². The Morgan fingerprint density at radius 1 is 1.44 bits per heavy atom. The largest absolute Gasteiger partial charge is 0.342 e. The summed E-state index contributed by atoms with van der Waals surface area (Å²) in [5, 5.41) is 3.37. The van der Waals surface area contributed by atoms with E-state index in [2.05, 4.69) is 26.1 Å². The van der Waals surface area contributed by atoms with Crippen molar-refractivity contribution >= 4 is 5.91 Å². The Labute approximate surface area is 99.6 Å². The van der Waals surface area contributed by atoms with Gasteiger partial charge in [0.1, 0.15) is 0 Å². The number of nitrogens with one attached hydrogen (secondary N) is 1. The van der Waals surface area contributed by atoms with Gasteiger partial charge in [0.25, 0.3) is 0 Å². The van der Waals surface area contributed by atoms with E-state index in [9.17, 15) is 4.79 Å². The molecule has 1 rings (SSSR count). The number of unbranched alkanes of at least 4 members (excludes halogenated alkanes) is 1. The summed E-state index contributed by atoms with van der Waals surface area (Å²) in [6, 6.07) is 0.0607. The minimum atomic E-state index is 0.0607. The highest BCUT2D eigenvalue weighted by atomic mass is 16.2. The van der Waals surface area contributed by atoms with Gasteiger partial charge in [-0.1, -0.05) is 20.3 Å². The van der Waals surface area contributed by atoms with Crippen molar-refractivity contribution in [2.75, 3.05) is 19.6 Å². The summed E-state index contributed by atoms with van der Waals surface area (Å²) < 4.78 is 0. The lowest BCUT2D eigenvalue weighted by atomic mass is 9.92. The average molecular weight is 226 g/mol. The topological polar surface area (TPSA) is 32.3 Å². The van der Waals surface area contributed by atoms with Crippen molar-refractivity contribution in [3.63, 3.8) is 0 Å². The molecule has 1 N–H and O–H groups in total. The van der Waals surface area contributed by atoms with Crippen molar-refractivity contribution < 1.29 is 4.79 Å². The summed E-state index contributed by atoms with van der Waals surface area (Å²) in [5.41, 5.74) is 0. The van der Waals surface area contributed by atoms with Crippen LogP contribution in [0.2, 0.25) is 0 Å². The number of likely N-dealkylation sites (N-methyl/N-ethyl adjacent to an activating group) is 1. The number of hydrogen-bond acceptors (Lipinski definition) is 2. The molecule has 0 aromatic heterocycles. The third-order valence-corrected chi connectivity index (χ3v) is 3.51. The first-order chi connectivity index (χ1) is 7.70. The normalized spacial score (nSPS) is 25.4. The fraction of sp³-hybridized carbons (Fsp3) is 0.923. The molecule has 16 heavy (non-hydrogen) atoms. The predicted molar refractivity (Wildman–Crippen MR) is 67.4 cm³/mol. The van der Waals surface area contributed by atoms with Gasteiger partial charge in [-0.2, -0.15) is 0 Å². The van der Waals surface area contributed by atoms with Gasteiger partial charge in [0.05, 0.1) is 6.04 Å². The zero-order chi connectivity index (χ0) is 12.0. The molecule has 0 aliphatic carbocycles. The van der Waals surface area contributed by atoms with Gasteiger partial charge in [-0.3, -0.25) is 4.79 Å². The molecule has 0 bridgehead atoms. The molecule has 0 saturated carbocycles. The zero-order valence-electron chi connectivity index (χ0n) is 11.0. The predicted octanol–water partition coefficient (Wildman–Crippen LogP) is 2.02. The van der Waals surface area contributed by atoms with E-state index in [0.717, 1.165) is 32.5 Å². The summed E-state index contributed by atoms with van der Waals surface area (Å²) in [6.45, 7) is 9.16. The van der Waals surface area contributed by atoms with E-state index in [4.69, 9.17) is 0 Å². The first kappa shape index (κ1) is 13.5. The number of hydrogen-bond donors (Lipinski definition) is 1. The van der Waals surface area contributed by atoms with Gasteiger partial charge in [0, 0.05) is 13.1 Å². The Balaban J connectivity index is 2.51. The van der Waals surface area contributed by atoms with Crippen LogP contribution in [-0.2, 0) is 4.79 Å². The number of nitrogens with zero attached hydrogens (tertiary/aromatic N) is 1. The molecule has 0 aromatic rings. The fourth-order valence-electron chi connectivity index (χ4n) is 2.35. The van der Waals surface area contributed by atoms with Gasteiger partial charge >= 0.3 is 0 Å². The SMILES string of the molecule is CCCCN(CC)C(=O)C1NCCCC1C. The van der Waals surface area contributed by atoms with Crippen LogP contribution < -0.4 is 5.32 Å². The van der Waals surface area contributed by atoms with E-state index in [1.807, 2.05) is 4.90 Å². The highest BCUT2D eigenvalue weighted by Gasteiger charge is 2.29. The standard InChI is InChI=1S/C13H26N2O/c1-4-6-10-15(5-2)13(16)12-11(3)8-7-9-14-12/h11-12,14H,4-10H2,1-3H3. The van der Waals surface area contributed by atoms with Crippen molar-refractivity contribution in [1.82, 2.24) is 10.2 Å². The molecule has 2 atom stereocenters. The number of rotatable bonds is 5. The highest BCUT2D eigenvalue weighted by Crippen LogP contribution is 2.17. The fourth-order valence-corrected chi connectivity index (χ4v) is 2.35. The van der Waals surface area contributed by atoms with Gasteiger partial charge in [-0.25, -0.2) is 0 Å². The van der Waals surface area contributed by atoms with E-state index in [0.29, 0.717) is 11.8 Å². The summed E-state index contributed by atoms with van der Waals surface area (Å²) in [4.78, 5) is 14.3. The van der Waals surface area contributed by atoms with Crippen molar-refractivity contribution in [3.05, 3.63) is 0 Å². The van der Waals surface area contributed by atoms with Crippen LogP contribution in [0.3, 0.4) is 0 Å². The van der Waals surface area contributed by atoms with Crippen molar-refractivity contribution in [3.8, 4) is 0 Å². The molecule has 3 nitrogen and oxygen atoms in total. The van der Waals surface area contributed by atoms with Crippen LogP contribution in [0.15, 0.2) is 0 Å². The second kappa shape index (κ2) is 6.89. The zero-order valence-corrected chi connectivity index (χ0v) is 11.0. The Morgan fingerprint density at radius 2 is 2.19 bits per heavy atom.